The number of hydrogen-bond acceptors (Lipinski definition) is 4. The van der Waals surface area contributed by atoms with Crippen molar-refractivity contribution in [1.29, 1.82) is 5.26 Å². The predicted molar refractivity (Wildman–Crippen MR) is 72.9 cm³/mol. The highest BCUT2D eigenvalue weighted by atomic mass is 19.1. The second-order valence-electron chi connectivity index (χ2n) is 3.91. The summed E-state index contributed by atoms with van der Waals surface area (Å²) in [5, 5.41) is 14.3. The van der Waals surface area contributed by atoms with Crippen LogP contribution in [0.25, 0.3) is 0 Å². The second-order valence-corrected chi connectivity index (χ2v) is 3.91. The van der Waals surface area contributed by atoms with Gasteiger partial charge in [0, 0.05) is 7.05 Å². The maximum absolute atomic E-state index is 13.0. The number of carbonyl (C=O) groups excluding carboxylic acids is 1. The fraction of sp³-hybridized carbons (Fsp3) is 0.0714. The summed E-state index contributed by atoms with van der Waals surface area (Å²) >= 11 is 0. The summed E-state index contributed by atoms with van der Waals surface area (Å²) in [5.41, 5.74) is 0.503. The van der Waals surface area contributed by atoms with E-state index in [2.05, 4.69) is 15.6 Å². The van der Waals surface area contributed by atoms with Crippen LogP contribution in [-0.2, 0) is 0 Å². The van der Waals surface area contributed by atoms with Gasteiger partial charge in [-0.3, -0.25) is 4.79 Å². The zero-order valence-electron chi connectivity index (χ0n) is 10.6. The zero-order chi connectivity index (χ0) is 14.5. The molecule has 0 aliphatic heterocycles. The Labute approximate surface area is 115 Å². The van der Waals surface area contributed by atoms with Crippen molar-refractivity contribution in [2.45, 2.75) is 0 Å². The lowest BCUT2D eigenvalue weighted by Gasteiger charge is -2.07. The summed E-state index contributed by atoms with van der Waals surface area (Å²) in [4.78, 5) is 16.1. The van der Waals surface area contributed by atoms with E-state index in [4.69, 9.17) is 5.26 Å². The molecule has 0 saturated heterocycles. The fourth-order valence-corrected chi connectivity index (χ4v) is 1.60. The predicted octanol–water partition coefficient (Wildman–Crippen LogP) is 2.39. The third-order valence-electron chi connectivity index (χ3n) is 2.59. The van der Waals surface area contributed by atoms with Crippen LogP contribution in [-0.4, -0.2) is 17.9 Å². The molecule has 0 atom stereocenters. The Morgan fingerprint density at radius 2 is 2.15 bits per heavy atom. The minimum atomic E-state index is -0.533. The number of amides is 1. The molecule has 0 radical (unpaired) electrons. The van der Waals surface area contributed by atoms with E-state index in [1.54, 1.807) is 25.2 Å². The molecule has 0 aliphatic rings. The van der Waals surface area contributed by atoms with E-state index < -0.39 is 11.7 Å². The molecule has 2 rings (SSSR count). The molecule has 5 nitrogen and oxygen atoms in total. The Morgan fingerprint density at radius 1 is 1.35 bits per heavy atom. The molecule has 0 fully saturated rings. The minimum Gasteiger partial charge on any atom is -0.373 e. The average molecular weight is 270 g/mol. The number of halogens is 1. The Morgan fingerprint density at radius 3 is 2.85 bits per heavy atom. The van der Waals surface area contributed by atoms with E-state index in [9.17, 15) is 9.18 Å². The fourth-order valence-electron chi connectivity index (χ4n) is 1.60. The van der Waals surface area contributed by atoms with Gasteiger partial charge in [-0.25, -0.2) is 9.37 Å². The maximum atomic E-state index is 13.0. The highest BCUT2D eigenvalue weighted by Crippen LogP contribution is 2.17. The number of benzene rings is 1. The molecule has 1 aromatic carbocycles. The van der Waals surface area contributed by atoms with Crippen molar-refractivity contribution in [3.05, 3.63) is 53.5 Å². The highest BCUT2D eigenvalue weighted by molar-refractivity contribution is 6.03. The van der Waals surface area contributed by atoms with E-state index in [0.717, 1.165) is 6.07 Å². The van der Waals surface area contributed by atoms with Crippen molar-refractivity contribution in [1.82, 2.24) is 4.98 Å². The first-order valence-corrected chi connectivity index (χ1v) is 5.80. The first-order chi connectivity index (χ1) is 9.63. The van der Waals surface area contributed by atoms with Gasteiger partial charge in [0.2, 0.25) is 0 Å². The van der Waals surface area contributed by atoms with Crippen LogP contribution in [0.5, 0.6) is 0 Å². The van der Waals surface area contributed by atoms with E-state index >= 15 is 0 Å². The third kappa shape index (κ3) is 2.90. The van der Waals surface area contributed by atoms with Gasteiger partial charge in [-0.15, -0.1) is 0 Å². The molecular formula is C14H11FN4O. The van der Waals surface area contributed by atoms with Crippen LogP contribution in [0, 0.1) is 17.1 Å². The molecular weight excluding hydrogens is 259 g/mol. The van der Waals surface area contributed by atoms with Crippen LogP contribution in [0.3, 0.4) is 0 Å². The van der Waals surface area contributed by atoms with Crippen molar-refractivity contribution < 1.29 is 9.18 Å². The normalized spacial score (nSPS) is 9.65. The van der Waals surface area contributed by atoms with Gasteiger partial charge in [-0.05, 0) is 30.3 Å². The summed E-state index contributed by atoms with van der Waals surface area (Å²) in [6.07, 6.45) is 0. The zero-order valence-corrected chi connectivity index (χ0v) is 10.6. The molecule has 1 heterocycles. The van der Waals surface area contributed by atoms with Crippen LogP contribution in [0.15, 0.2) is 36.4 Å². The number of nitrogens with one attached hydrogen (secondary N) is 2. The summed E-state index contributed by atoms with van der Waals surface area (Å²) in [5.74, 6) is -0.447. The summed E-state index contributed by atoms with van der Waals surface area (Å²) < 4.78 is 13.0. The molecule has 2 N–H and O–H groups in total. The molecule has 6 heteroatoms. The Hall–Kier alpha value is -2.94. The van der Waals surface area contributed by atoms with E-state index in [1.165, 1.54) is 12.1 Å². The molecule has 0 unspecified atom stereocenters. The topological polar surface area (TPSA) is 77.8 Å². The lowest BCUT2D eigenvalue weighted by atomic mass is 10.2. The first kappa shape index (κ1) is 13.5. The SMILES string of the molecule is CNc1cccc(C(=O)Nc2ccc(F)cc2C#N)n1. The van der Waals surface area contributed by atoms with Crippen molar-refractivity contribution in [2.75, 3.05) is 17.7 Å². The first-order valence-electron chi connectivity index (χ1n) is 5.80. The molecule has 1 aromatic heterocycles. The molecule has 0 aliphatic carbocycles. The van der Waals surface area contributed by atoms with Gasteiger partial charge < -0.3 is 10.6 Å². The second kappa shape index (κ2) is 5.80. The van der Waals surface area contributed by atoms with Gasteiger partial charge in [0.1, 0.15) is 23.4 Å². The molecule has 2 aromatic rings. The van der Waals surface area contributed by atoms with Gasteiger partial charge in [0.05, 0.1) is 11.3 Å². The summed E-state index contributed by atoms with van der Waals surface area (Å²) in [6.45, 7) is 0. The van der Waals surface area contributed by atoms with Gasteiger partial charge in [0.25, 0.3) is 5.91 Å². The number of nitrogens with zero attached hydrogens (tertiary/aromatic N) is 2. The van der Waals surface area contributed by atoms with Crippen LogP contribution in [0.1, 0.15) is 16.1 Å². The molecule has 1 amide bonds. The van der Waals surface area contributed by atoms with Crippen molar-refractivity contribution in [3.8, 4) is 6.07 Å². The number of carbonyl (C=O) groups is 1. The van der Waals surface area contributed by atoms with Crippen LogP contribution in [0.2, 0.25) is 0 Å². The lowest BCUT2D eigenvalue weighted by molar-refractivity contribution is 0.102. The number of rotatable bonds is 3. The summed E-state index contributed by atoms with van der Waals surface area (Å²) in [7, 11) is 1.69. The average Bonchev–Trinajstić information content (AvgIpc) is 2.49. The van der Waals surface area contributed by atoms with Crippen molar-refractivity contribution >= 4 is 17.4 Å². The lowest BCUT2D eigenvalue weighted by Crippen LogP contribution is -2.15. The molecule has 0 saturated carbocycles. The number of hydrogen-bond donors (Lipinski definition) is 2. The van der Waals surface area contributed by atoms with Crippen LogP contribution in [0.4, 0.5) is 15.9 Å². The Kier molecular flexibility index (Phi) is 3.91. The molecule has 0 spiro atoms. The van der Waals surface area contributed by atoms with Gasteiger partial charge in [0.15, 0.2) is 0 Å². The standard InChI is InChI=1S/C14H11FN4O/c1-17-13-4-2-3-12(18-13)14(20)19-11-6-5-10(15)7-9(11)8-16/h2-7H,1H3,(H,17,18)(H,19,20). The van der Waals surface area contributed by atoms with Gasteiger partial charge >= 0.3 is 0 Å². The van der Waals surface area contributed by atoms with Crippen molar-refractivity contribution in [3.63, 3.8) is 0 Å². The van der Waals surface area contributed by atoms with Crippen LogP contribution < -0.4 is 10.6 Å². The highest BCUT2D eigenvalue weighted by Gasteiger charge is 2.11. The largest absolute Gasteiger partial charge is 0.373 e. The molecule has 100 valence electrons. The van der Waals surface area contributed by atoms with Crippen molar-refractivity contribution in [2.24, 2.45) is 0 Å². The third-order valence-corrected chi connectivity index (χ3v) is 2.59. The minimum absolute atomic E-state index is 0.0584. The quantitative estimate of drug-likeness (QED) is 0.897. The van der Waals surface area contributed by atoms with Crippen LogP contribution >= 0.6 is 0 Å². The van der Waals surface area contributed by atoms with Gasteiger partial charge in [-0.2, -0.15) is 5.26 Å². The van der Waals surface area contributed by atoms with E-state index in [-0.39, 0.29) is 16.9 Å². The molecule has 20 heavy (non-hydrogen) atoms. The molecule has 0 bridgehead atoms. The van der Waals surface area contributed by atoms with E-state index in [1.807, 2.05) is 6.07 Å². The monoisotopic (exact) mass is 270 g/mol. The number of aromatic nitrogens is 1. The Bertz CT molecular complexity index is 694. The number of anilines is 2. The smallest absolute Gasteiger partial charge is 0.274 e. The number of nitriles is 1. The Balaban J connectivity index is 2.26. The number of pyridine rings is 1. The van der Waals surface area contributed by atoms with Gasteiger partial charge in [-0.1, -0.05) is 6.07 Å². The maximum Gasteiger partial charge on any atom is 0.274 e. The summed E-state index contributed by atoms with van der Waals surface area (Å²) in [6, 6.07) is 10.4. The van der Waals surface area contributed by atoms with E-state index in [0.29, 0.717) is 5.82 Å².